The molecule has 132 valence electrons. The van der Waals surface area contributed by atoms with E-state index in [0.717, 1.165) is 18.6 Å². The maximum atomic E-state index is 11.6. The van der Waals surface area contributed by atoms with Gasteiger partial charge in [-0.3, -0.25) is 4.90 Å². The van der Waals surface area contributed by atoms with Crippen LogP contribution in [0.1, 0.15) is 25.3 Å². The third-order valence-corrected chi connectivity index (χ3v) is 8.33. The molecule has 2 unspecified atom stereocenters. The van der Waals surface area contributed by atoms with Gasteiger partial charge < -0.3 is 20.5 Å². The number of piperidine rings is 4. The topological polar surface area (TPSA) is 70.8 Å². The van der Waals surface area contributed by atoms with E-state index in [4.69, 9.17) is 5.41 Å². The molecule has 1 aliphatic carbocycles. The minimum Gasteiger partial charge on any atom is -0.392 e. The summed E-state index contributed by atoms with van der Waals surface area (Å²) in [5, 5.41) is 31.7. The van der Waals surface area contributed by atoms with Crippen LogP contribution in [0.4, 0.5) is 5.69 Å². The van der Waals surface area contributed by atoms with Crippen molar-refractivity contribution in [2.24, 2.45) is 17.8 Å². The number of para-hydroxylation sites is 1. The van der Waals surface area contributed by atoms with Crippen molar-refractivity contribution < 1.29 is 10.2 Å². The summed E-state index contributed by atoms with van der Waals surface area (Å²) in [6.45, 7) is 2.10. The number of hydrogen-bond donors (Lipinski definition) is 3. The SMILES string of the molecule is CC[C@@H]1[C@@H](O)N2[C@@H]3C(=N)[C@H]1C1[C@@H]2C[C@]2(c4ccccc4N(C)[C@@H]32)[C@H]1O. The van der Waals surface area contributed by atoms with Crippen LogP contribution >= 0.6 is 0 Å². The van der Waals surface area contributed by atoms with Gasteiger partial charge in [-0.1, -0.05) is 25.1 Å². The first-order valence-electron chi connectivity index (χ1n) is 9.58. The van der Waals surface area contributed by atoms with Gasteiger partial charge in [-0.2, -0.15) is 0 Å². The highest BCUT2D eigenvalue weighted by Crippen LogP contribution is 2.68. The van der Waals surface area contributed by atoms with Crippen LogP contribution in [0.2, 0.25) is 0 Å². The molecule has 0 amide bonds. The highest BCUT2D eigenvalue weighted by molar-refractivity contribution is 5.95. The Bertz CT molecular complexity index is 797. The number of fused-ring (bicyclic) bond motifs is 2. The number of likely N-dealkylation sites (N-methyl/N-ethyl adjacent to an activating group) is 1. The Hall–Kier alpha value is -1.43. The number of benzene rings is 1. The second-order valence-corrected chi connectivity index (χ2v) is 8.77. The van der Waals surface area contributed by atoms with Crippen molar-refractivity contribution in [1.82, 2.24) is 4.90 Å². The summed E-state index contributed by atoms with van der Waals surface area (Å²) in [4.78, 5) is 4.49. The van der Waals surface area contributed by atoms with Crippen molar-refractivity contribution in [2.45, 2.75) is 55.6 Å². The van der Waals surface area contributed by atoms with Crippen molar-refractivity contribution in [2.75, 3.05) is 11.9 Å². The normalized spacial score (nSPS) is 54.2. The lowest BCUT2D eigenvalue weighted by molar-refractivity contribution is -0.165. The van der Waals surface area contributed by atoms with Gasteiger partial charge in [0.25, 0.3) is 0 Å². The molecule has 1 saturated carbocycles. The van der Waals surface area contributed by atoms with E-state index in [0.29, 0.717) is 0 Å². The maximum Gasteiger partial charge on any atom is 0.111 e. The average molecular weight is 339 g/mol. The highest BCUT2D eigenvalue weighted by atomic mass is 16.3. The van der Waals surface area contributed by atoms with Crippen molar-refractivity contribution in [1.29, 1.82) is 5.41 Å². The van der Waals surface area contributed by atoms with Gasteiger partial charge in [-0.25, -0.2) is 0 Å². The molecular formula is C20H25N3O2. The number of nitrogens with zero attached hydrogens (tertiary/aromatic N) is 2. The molecule has 7 rings (SSSR count). The summed E-state index contributed by atoms with van der Waals surface area (Å²) in [7, 11) is 2.10. The Morgan fingerprint density at radius 2 is 2.04 bits per heavy atom. The molecule has 4 saturated heterocycles. The lowest BCUT2D eigenvalue weighted by Crippen LogP contribution is -2.76. The first kappa shape index (κ1) is 14.7. The molecule has 6 aliphatic rings. The molecule has 5 nitrogen and oxygen atoms in total. The van der Waals surface area contributed by atoms with Gasteiger partial charge in [0, 0.05) is 47.7 Å². The predicted molar refractivity (Wildman–Crippen MR) is 94.8 cm³/mol. The fourth-order valence-corrected chi connectivity index (χ4v) is 7.64. The molecule has 10 atom stereocenters. The molecule has 5 bridgehead atoms. The molecule has 5 heteroatoms. The van der Waals surface area contributed by atoms with Crippen molar-refractivity contribution >= 4 is 11.4 Å². The molecule has 1 aromatic rings. The zero-order valence-electron chi connectivity index (χ0n) is 14.6. The van der Waals surface area contributed by atoms with E-state index in [1.54, 1.807) is 0 Å². The summed E-state index contributed by atoms with van der Waals surface area (Å²) in [6, 6.07) is 8.62. The zero-order valence-corrected chi connectivity index (χ0v) is 14.6. The smallest absolute Gasteiger partial charge is 0.111 e. The average Bonchev–Trinajstić information content (AvgIpc) is 3.01. The summed E-state index contributed by atoms with van der Waals surface area (Å²) in [6.07, 6.45) is 0.849. The molecule has 0 aromatic heterocycles. The Balaban J connectivity index is 1.63. The van der Waals surface area contributed by atoms with E-state index in [1.807, 2.05) is 0 Å². The Labute approximate surface area is 147 Å². The van der Waals surface area contributed by atoms with Crippen molar-refractivity contribution in [3.63, 3.8) is 0 Å². The van der Waals surface area contributed by atoms with Gasteiger partial charge >= 0.3 is 0 Å². The second kappa shape index (κ2) is 4.27. The second-order valence-electron chi connectivity index (χ2n) is 8.77. The molecule has 5 fully saturated rings. The van der Waals surface area contributed by atoms with Gasteiger partial charge in [0.2, 0.25) is 0 Å². The van der Waals surface area contributed by atoms with Crippen LogP contribution in [0, 0.1) is 23.2 Å². The highest BCUT2D eigenvalue weighted by Gasteiger charge is 2.77. The molecular weight excluding hydrogens is 314 g/mol. The molecule has 5 heterocycles. The van der Waals surface area contributed by atoms with E-state index in [1.165, 1.54) is 11.3 Å². The molecule has 1 spiro atoms. The number of hydrogen-bond acceptors (Lipinski definition) is 5. The van der Waals surface area contributed by atoms with Gasteiger partial charge in [0.1, 0.15) is 6.23 Å². The van der Waals surface area contributed by atoms with E-state index in [-0.39, 0.29) is 41.3 Å². The lowest BCUT2D eigenvalue weighted by Gasteiger charge is -2.62. The minimum absolute atomic E-state index is 0.0283. The van der Waals surface area contributed by atoms with Crippen LogP contribution in [0.25, 0.3) is 0 Å². The summed E-state index contributed by atoms with van der Waals surface area (Å²) >= 11 is 0. The van der Waals surface area contributed by atoms with Crippen LogP contribution in [0.5, 0.6) is 0 Å². The molecule has 0 radical (unpaired) electrons. The Kier molecular flexibility index (Phi) is 2.51. The van der Waals surface area contributed by atoms with Gasteiger partial charge in [0.15, 0.2) is 0 Å². The monoisotopic (exact) mass is 339 g/mol. The molecule has 5 aliphatic heterocycles. The predicted octanol–water partition coefficient (Wildman–Crippen LogP) is 1.18. The standard InChI is InChI=1S/C20H25N3O2/c1-3-9-13-14-12-8-20(18(14)24)10-6-4-5-7-11(10)22(2)17(20)16(15(13)21)23(12)19(9)25/h4-7,9,12-14,16-19,21,24-25H,3,8H2,1-2H3/t9-,12-,13+,14?,16+,17-,18-,19+,20+/m0/s1. The third-order valence-electron chi connectivity index (χ3n) is 8.33. The Morgan fingerprint density at radius 3 is 2.80 bits per heavy atom. The van der Waals surface area contributed by atoms with Crippen LogP contribution in [-0.2, 0) is 5.41 Å². The van der Waals surface area contributed by atoms with Crippen molar-refractivity contribution in [3.8, 4) is 0 Å². The molecule has 1 aromatic carbocycles. The summed E-state index contributed by atoms with van der Waals surface area (Å²) in [5.74, 6) is 0.191. The van der Waals surface area contributed by atoms with Gasteiger partial charge in [-0.15, -0.1) is 0 Å². The summed E-state index contributed by atoms with van der Waals surface area (Å²) < 4.78 is 0. The first-order valence-corrected chi connectivity index (χ1v) is 9.58. The largest absolute Gasteiger partial charge is 0.392 e. The van der Waals surface area contributed by atoms with Crippen LogP contribution in [0.3, 0.4) is 0 Å². The number of rotatable bonds is 1. The maximum absolute atomic E-state index is 11.6. The lowest BCUT2D eigenvalue weighted by atomic mass is 9.61. The van der Waals surface area contributed by atoms with Crippen LogP contribution < -0.4 is 4.90 Å². The minimum atomic E-state index is -0.476. The van der Waals surface area contributed by atoms with Crippen LogP contribution in [0.15, 0.2) is 24.3 Å². The van der Waals surface area contributed by atoms with E-state index in [2.05, 4.69) is 48.0 Å². The third kappa shape index (κ3) is 1.27. The quantitative estimate of drug-likeness (QED) is 0.719. The first-order chi connectivity index (χ1) is 12.0. The van der Waals surface area contributed by atoms with E-state index < -0.39 is 12.3 Å². The number of aliphatic hydroxyl groups is 2. The number of aliphatic hydroxyl groups excluding tert-OH is 2. The molecule has 25 heavy (non-hydrogen) atoms. The molecule has 3 N–H and O–H groups in total. The van der Waals surface area contributed by atoms with Gasteiger partial charge in [-0.05, 0) is 24.5 Å². The zero-order chi connectivity index (χ0) is 17.2. The Morgan fingerprint density at radius 1 is 1.28 bits per heavy atom. The number of nitrogens with one attached hydrogen (secondary N) is 1. The van der Waals surface area contributed by atoms with Gasteiger partial charge in [0.05, 0.1) is 18.2 Å². The van der Waals surface area contributed by atoms with E-state index >= 15 is 0 Å². The fourth-order valence-electron chi connectivity index (χ4n) is 7.64. The fraction of sp³-hybridized carbons (Fsp3) is 0.650. The van der Waals surface area contributed by atoms with Crippen LogP contribution in [-0.4, -0.2) is 58.3 Å². The summed E-state index contributed by atoms with van der Waals surface area (Å²) in [5.41, 5.74) is 2.91. The number of anilines is 1. The van der Waals surface area contributed by atoms with E-state index in [9.17, 15) is 10.2 Å². The van der Waals surface area contributed by atoms with Crippen molar-refractivity contribution in [3.05, 3.63) is 29.8 Å².